The number of aliphatic hydroxyl groups is 2. The number of hydrogen-bond acceptors (Lipinski definition) is 14. The number of hydrogen-bond donors (Lipinski definition) is 5. The average molecular weight is 620 g/mol. The smallest absolute Gasteiger partial charge is 0.459 e. The van der Waals surface area contributed by atoms with Crippen LogP contribution in [0.1, 0.15) is 32.9 Å². The van der Waals surface area contributed by atoms with Crippen LogP contribution in [0.5, 0.6) is 5.75 Å². The summed E-state index contributed by atoms with van der Waals surface area (Å²) in [5, 5.41) is 24.1. The molecule has 0 amide bonds. The Morgan fingerprint density at radius 3 is 2.67 bits per heavy atom. The Kier molecular flexibility index (Phi) is 10.3. The van der Waals surface area contributed by atoms with Crippen LogP contribution in [-0.4, -0.2) is 89.6 Å². The van der Waals surface area contributed by atoms with Crippen LogP contribution in [0.4, 0.5) is 5.82 Å². The number of para-hydroxylation sites is 1. The number of ether oxygens (including phenoxy) is 2. The zero-order valence-electron chi connectivity index (χ0n) is 23.2. The van der Waals surface area contributed by atoms with Crippen molar-refractivity contribution in [1.82, 2.24) is 24.6 Å². The zero-order valence-corrected chi connectivity index (χ0v) is 24.1. The predicted molar refractivity (Wildman–Crippen MR) is 148 cm³/mol. The molecule has 1 fully saturated rings. The number of ketones is 1. The second-order valence-corrected chi connectivity index (χ2v) is 11.5. The highest BCUT2D eigenvalue weighted by atomic mass is 31.2. The van der Waals surface area contributed by atoms with Crippen LogP contribution < -0.4 is 15.3 Å². The van der Waals surface area contributed by atoms with E-state index < -0.39 is 62.8 Å². The second-order valence-electron chi connectivity index (χ2n) is 9.76. The summed E-state index contributed by atoms with van der Waals surface area (Å²) < 4.78 is 37.9. The van der Waals surface area contributed by atoms with Gasteiger partial charge in [0.25, 0.3) is 0 Å². The molecule has 1 aliphatic rings. The van der Waals surface area contributed by atoms with E-state index in [-0.39, 0.29) is 35.6 Å². The Morgan fingerprint density at radius 2 is 1.98 bits per heavy atom. The van der Waals surface area contributed by atoms with Gasteiger partial charge in [-0.15, -0.1) is 0 Å². The zero-order chi connectivity index (χ0) is 31.1. The molecule has 0 spiro atoms. The molecule has 6 atom stereocenters. The minimum absolute atomic E-state index is 0.112. The lowest BCUT2D eigenvalue weighted by molar-refractivity contribution is -0.149. The molecule has 1 aromatic carbocycles. The van der Waals surface area contributed by atoms with Crippen LogP contribution in [0.15, 0.2) is 43.0 Å². The molecule has 0 bridgehead atoms. The van der Waals surface area contributed by atoms with E-state index >= 15 is 0 Å². The van der Waals surface area contributed by atoms with Gasteiger partial charge in [-0.05, 0) is 32.4 Å². The van der Waals surface area contributed by atoms with E-state index in [0.717, 1.165) is 6.21 Å². The van der Waals surface area contributed by atoms with Crippen molar-refractivity contribution in [3.8, 4) is 5.75 Å². The van der Waals surface area contributed by atoms with Gasteiger partial charge in [-0.25, -0.2) is 19.5 Å². The highest BCUT2D eigenvalue weighted by molar-refractivity contribution is 7.52. The lowest BCUT2D eigenvalue weighted by Gasteiger charge is -2.26. The Bertz CT molecular complexity index is 1530. The van der Waals surface area contributed by atoms with Crippen molar-refractivity contribution in [3.63, 3.8) is 0 Å². The first-order chi connectivity index (χ1) is 20.5. The molecule has 230 valence electrons. The number of carbonyl (C=O) groups excluding carboxylic acids is 2. The quantitative estimate of drug-likeness (QED) is 0.0551. The summed E-state index contributed by atoms with van der Waals surface area (Å²) in [5.41, 5.74) is 13.2. The monoisotopic (exact) mass is 619 g/mol. The van der Waals surface area contributed by atoms with E-state index in [1.54, 1.807) is 32.0 Å². The van der Waals surface area contributed by atoms with Crippen molar-refractivity contribution >= 4 is 42.7 Å². The third kappa shape index (κ3) is 7.86. The molecule has 1 saturated heterocycles. The van der Waals surface area contributed by atoms with E-state index in [2.05, 4.69) is 24.8 Å². The summed E-state index contributed by atoms with van der Waals surface area (Å²) in [6, 6.07) is 6.63. The molecule has 0 radical (unpaired) electrons. The number of Topliss-reactive ketones (excluding diaryl/α,β-unsaturated/α-hetero) is 1. The number of fused-ring (bicyclic) bond motifs is 1. The minimum atomic E-state index is -4.46. The first-order valence-corrected chi connectivity index (χ1v) is 14.7. The number of nitrogens with zero attached hydrogens (tertiary/aromatic N) is 5. The maximum absolute atomic E-state index is 14.1. The topological polar surface area (TPSA) is 248 Å². The minimum Gasteiger partial charge on any atom is -0.462 e. The highest BCUT2D eigenvalue weighted by Gasteiger charge is 2.46. The Labute approximate surface area is 245 Å². The number of aliphatic hydroxyl groups excluding tert-OH is 2. The van der Waals surface area contributed by atoms with E-state index in [0.29, 0.717) is 0 Å². The summed E-state index contributed by atoms with van der Waals surface area (Å²) in [7, 11) is -4.46. The second kappa shape index (κ2) is 13.9. The molecule has 2 aromatic heterocycles. The summed E-state index contributed by atoms with van der Waals surface area (Å²) in [6.45, 7) is 2.67. The highest BCUT2D eigenvalue weighted by Crippen LogP contribution is 2.46. The normalized spacial score (nSPS) is 22.1. The van der Waals surface area contributed by atoms with Gasteiger partial charge in [0.05, 0.1) is 29.4 Å². The SMILES string of the molecule is CC(C)OC(=O)[C@H](CCC(=O)C=[N+]=N)NP(=O)(OC[C@H]1O[C@@H](n2cnc3c(N)ncnc32)C(O)[C@@H]1O)Oc1ccccc1. The largest absolute Gasteiger partial charge is 0.462 e. The van der Waals surface area contributed by atoms with Crippen LogP contribution in [0, 0.1) is 5.53 Å². The number of nitrogen functional groups attached to an aromatic ring is 1. The van der Waals surface area contributed by atoms with Gasteiger partial charge < -0.3 is 29.9 Å². The van der Waals surface area contributed by atoms with Crippen molar-refractivity contribution < 1.29 is 47.7 Å². The summed E-state index contributed by atoms with van der Waals surface area (Å²) >= 11 is 0. The molecule has 3 heterocycles. The first kappa shape index (κ1) is 31.8. The average Bonchev–Trinajstić information content (AvgIpc) is 3.51. The molecule has 18 heteroatoms. The fraction of sp³-hybridized carbons (Fsp3) is 0.440. The van der Waals surface area contributed by atoms with Crippen LogP contribution in [0.25, 0.3) is 11.2 Å². The number of imidazole rings is 1. The number of benzene rings is 1. The van der Waals surface area contributed by atoms with Crippen LogP contribution in [0.3, 0.4) is 0 Å². The number of carbonyl (C=O) groups is 2. The van der Waals surface area contributed by atoms with Crippen LogP contribution >= 0.6 is 7.75 Å². The Morgan fingerprint density at radius 1 is 1.23 bits per heavy atom. The number of aromatic nitrogens is 4. The predicted octanol–water partition coefficient (Wildman–Crippen LogP) is 0.800. The Balaban J connectivity index is 1.55. The molecular weight excluding hydrogens is 587 g/mol. The maximum Gasteiger partial charge on any atom is 0.459 e. The van der Waals surface area contributed by atoms with Gasteiger partial charge in [0.1, 0.15) is 41.9 Å². The summed E-state index contributed by atoms with van der Waals surface area (Å²) in [6.07, 6.45) is -2.99. The number of esters is 1. The summed E-state index contributed by atoms with van der Waals surface area (Å²) in [5.74, 6) is -1.13. The molecule has 0 saturated carbocycles. The number of nitrogens with one attached hydrogen (secondary N) is 2. The number of anilines is 1. The lowest BCUT2D eigenvalue weighted by Crippen LogP contribution is -2.40. The third-order valence-electron chi connectivity index (χ3n) is 6.21. The fourth-order valence-corrected chi connectivity index (χ4v) is 5.74. The molecule has 2 unspecified atom stereocenters. The van der Waals surface area contributed by atoms with Crippen LogP contribution in [0.2, 0.25) is 0 Å². The van der Waals surface area contributed by atoms with Crippen molar-refractivity contribution in [2.24, 2.45) is 0 Å². The van der Waals surface area contributed by atoms with E-state index in [4.69, 9.17) is 29.8 Å². The Hall–Kier alpha value is -4.08. The molecule has 6 N–H and O–H groups in total. The van der Waals surface area contributed by atoms with E-state index in [1.165, 1.54) is 29.4 Å². The number of nitrogens with two attached hydrogens (primary N) is 1. The van der Waals surface area contributed by atoms with Gasteiger partial charge in [-0.2, -0.15) is 5.09 Å². The molecule has 1 aliphatic heterocycles. The molecule has 43 heavy (non-hydrogen) atoms. The standard InChI is InChI=1S/C25H31N8O9P/c1-14(2)40-25(37)17(9-8-15(34)10-31-27)32-43(38,42-16-6-4-3-5-7-16)39-11-18-20(35)21(36)24(41-18)33-13-30-19-22(26)28-12-29-23(19)33/h3-7,10,12-14,17-18,20-21,24,26,35-36H,8-9,11H2,1-2H3,(H2-,27,32,34,38)/p+1/t17-,18+,20+,21?,24+,43?/m0/s1. The molecule has 17 nitrogen and oxygen atoms in total. The maximum atomic E-state index is 14.1. The molecule has 0 aliphatic carbocycles. The molecular formula is C25H32N8O9P+. The van der Waals surface area contributed by atoms with E-state index in [1.807, 2.05) is 0 Å². The van der Waals surface area contributed by atoms with Gasteiger partial charge in [0.15, 0.2) is 17.7 Å². The van der Waals surface area contributed by atoms with Gasteiger partial charge in [0.2, 0.25) is 5.78 Å². The van der Waals surface area contributed by atoms with Crippen LogP contribution in [-0.2, 0) is 28.2 Å². The molecule has 3 aromatic rings. The van der Waals surface area contributed by atoms with Crippen molar-refractivity contribution in [1.29, 1.82) is 5.53 Å². The fourth-order valence-electron chi connectivity index (χ4n) is 4.20. The van der Waals surface area contributed by atoms with E-state index in [9.17, 15) is 24.4 Å². The van der Waals surface area contributed by atoms with Gasteiger partial charge in [-0.1, -0.05) is 18.2 Å². The lowest BCUT2D eigenvalue weighted by atomic mass is 10.1. The van der Waals surface area contributed by atoms with Crippen molar-refractivity contribution in [2.75, 3.05) is 12.3 Å². The van der Waals surface area contributed by atoms with Gasteiger partial charge >= 0.3 is 19.9 Å². The third-order valence-corrected chi connectivity index (χ3v) is 7.78. The van der Waals surface area contributed by atoms with Gasteiger partial charge in [-0.3, -0.25) is 18.7 Å². The number of rotatable bonds is 14. The van der Waals surface area contributed by atoms with Gasteiger partial charge in [0, 0.05) is 6.42 Å². The van der Waals surface area contributed by atoms with Crippen molar-refractivity contribution in [2.45, 2.75) is 63.4 Å². The summed E-state index contributed by atoms with van der Waals surface area (Å²) in [4.78, 5) is 39.9. The molecule has 4 rings (SSSR count). The van der Waals surface area contributed by atoms with Crippen molar-refractivity contribution in [3.05, 3.63) is 43.0 Å². The first-order valence-electron chi connectivity index (χ1n) is 13.2.